The van der Waals surface area contributed by atoms with Gasteiger partial charge in [0.05, 0.1) is 6.20 Å². The van der Waals surface area contributed by atoms with Crippen LogP contribution in [0, 0.1) is 5.92 Å². The summed E-state index contributed by atoms with van der Waals surface area (Å²) in [5.41, 5.74) is -1.14. The highest BCUT2D eigenvalue weighted by Gasteiger charge is 2.46. The number of nitrogens with zero attached hydrogens (tertiary/aromatic N) is 3. The molecule has 1 fully saturated rings. The average Bonchev–Trinajstić information content (AvgIpc) is 2.84. The van der Waals surface area contributed by atoms with Crippen molar-refractivity contribution in [2.24, 2.45) is 5.92 Å². The Kier molecular flexibility index (Phi) is 3.82. The van der Waals surface area contributed by atoms with E-state index >= 15 is 0 Å². The second kappa shape index (κ2) is 5.38. The molecule has 2 atom stereocenters. The van der Waals surface area contributed by atoms with E-state index in [1.165, 1.54) is 10.9 Å². The summed E-state index contributed by atoms with van der Waals surface area (Å²) in [6, 6.07) is 0. The van der Waals surface area contributed by atoms with Gasteiger partial charge >= 0.3 is 5.97 Å². The van der Waals surface area contributed by atoms with Gasteiger partial charge in [0.25, 0.3) is 0 Å². The smallest absolute Gasteiger partial charge is 0.329 e. The molecule has 19 heavy (non-hydrogen) atoms. The number of carboxylic acids is 1. The van der Waals surface area contributed by atoms with E-state index < -0.39 is 11.5 Å². The van der Waals surface area contributed by atoms with Crippen LogP contribution in [0.25, 0.3) is 0 Å². The molecule has 0 aromatic carbocycles. The number of aliphatic carboxylic acids is 1. The molecule has 1 saturated carbocycles. The van der Waals surface area contributed by atoms with Crippen molar-refractivity contribution < 1.29 is 14.7 Å². The Morgan fingerprint density at radius 3 is 2.89 bits per heavy atom. The molecule has 1 aromatic heterocycles. The Morgan fingerprint density at radius 2 is 2.32 bits per heavy atom. The van der Waals surface area contributed by atoms with Crippen molar-refractivity contribution in [3.63, 3.8) is 0 Å². The van der Waals surface area contributed by atoms with E-state index in [4.69, 9.17) is 0 Å². The van der Waals surface area contributed by atoms with Crippen molar-refractivity contribution >= 4 is 11.9 Å². The Hall–Kier alpha value is -1.92. The number of carboxylic acid groups (broad SMARTS) is 1. The molecule has 1 aliphatic carbocycles. The zero-order chi connectivity index (χ0) is 13.9. The summed E-state index contributed by atoms with van der Waals surface area (Å²) in [5, 5.41) is 19.5. The van der Waals surface area contributed by atoms with Gasteiger partial charge in [-0.25, -0.2) is 9.48 Å². The van der Waals surface area contributed by atoms with Crippen LogP contribution >= 0.6 is 0 Å². The van der Waals surface area contributed by atoms with Gasteiger partial charge in [0, 0.05) is 6.20 Å². The molecule has 7 nitrogen and oxygen atoms in total. The lowest BCUT2D eigenvalue weighted by atomic mass is 9.73. The van der Waals surface area contributed by atoms with Gasteiger partial charge < -0.3 is 10.4 Å². The number of rotatable bonds is 4. The molecule has 0 aliphatic heterocycles. The van der Waals surface area contributed by atoms with Crippen LogP contribution in [-0.2, 0) is 16.1 Å². The second-order valence-corrected chi connectivity index (χ2v) is 5.07. The van der Waals surface area contributed by atoms with Crippen molar-refractivity contribution in [2.75, 3.05) is 0 Å². The van der Waals surface area contributed by atoms with Gasteiger partial charge in [0.2, 0.25) is 5.91 Å². The first-order chi connectivity index (χ1) is 9.04. The summed E-state index contributed by atoms with van der Waals surface area (Å²) in [6.07, 6.45) is 6.17. The van der Waals surface area contributed by atoms with Crippen LogP contribution in [0.2, 0.25) is 0 Å². The molecule has 2 rings (SSSR count). The number of hydrogen-bond donors (Lipinski definition) is 2. The predicted octanol–water partition coefficient (Wildman–Crippen LogP) is 0.428. The summed E-state index contributed by atoms with van der Waals surface area (Å²) >= 11 is 0. The highest BCUT2D eigenvalue weighted by molar-refractivity contribution is 5.87. The first-order valence-electron chi connectivity index (χ1n) is 6.43. The Morgan fingerprint density at radius 1 is 1.53 bits per heavy atom. The zero-order valence-electron chi connectivity index (χ0n) is 10.9. The van der Waals surface area contributed by atoms with Crippen molar-refractivity contribution in [2.45, 2.75) is 44.7 Å². The number of amides is 1. The molecule has 0 spiro atoms. The minimum Gasteiger partial charge on any atom is -0.479 e. The molecular weight excluding hydrogens is 248 g/mol. The average molecular weight is 266 g/mol. The molecule has 2 unspecified atom stereocenters. The number of hydrogen-bond acceptors (Lipinski definition) is 4. The van der Waals surface area contributed by atoms with Gasteiger partial charge in [-0.15, -0.1) is 5.10 Å². The van der Waals surface area contributed by atoms with Crippen molar-refractivity contribution in [3.8, 4) is 0 Å². The minimum atomic E-state index is -1.14. The Labute approximate surface area is 111 Å². The maximum Gasteiger partial charge on any atom is 0.329 e. The first kappa shape index (κ1) is 13.5. The molecule has 2 N–H and O–H groups in total. The van der Waals surface area contributed by atoms with Crippen LogP contribution in [0.3, 0.4) is 0 Å². The molecule has 1 aliphatic rings. The lowest BCUT2D eigenvalue weighted by Gasteiger charge is -2.39. The second-order valence-electron chi connectivity index (χ2n) is 5.07. The highest BCUT2D eigenvalue weighted by Crippen LogP contribution is 2.33. The number of carbonyl (C=O) groups is 2. The quantitative estimate of drug-likeness (QED) is 0.823. The third-order valence-electron chi connectivity index (χ3n) is 3.82. The molecule has 1 heterocycles. The van der Waals surface area contributed by atoms with E-state index in [-0.39, 0.29) is 18.4 Å². The Balaban J connectivity index is 2.08. The lowest BCUT2D eigenvalue weighted by Crippen LogP contribution is -2.60. The molecule has 0 saturated heterocycles. The minimum absolute atomic E-state index is 0.0122. The van der Waals surface area contributed by atoms with Gasteiger partial charge in [-0.1, -0.05) is 25.0 Å². The maximum absolute atomic E-state index is 12.0. The maximum atomic E-state index is 12.0. The fourth-order valence-corrected chi connectivity index (χ4v) is 2.66. The van der Waals surface area contributed by atoms with Gasteiger partial charge in [0.15, 0.2) is 0 Å². The normalized spacial score (nSPS) is 26.9. The standard InChI is InChI=1S/C12H18N4O3/c1-9-4-2-3-5-12(9,11(18)19)14-10(17)8-16-7-6-13-15-16/h6-7,9H,2-5,8H2,1H3,(H,14,17)(H,18,19). The van der Waals surface area contributed by atoms with Gasteiger partial charge in [-0.2, -0.15) is 0 Å². The van der Waals surface area contributed by atoms with E-state index in [1.807, 2.05) is 6.92 Å². The van der Waals surface area contributed by atoms with Crippen molar-refractivity contribution in [1.82, 2.24) is 20.3 Å². The van der Waals surface area contributed by atoms with Gasteiger partial charge in [-0.05, 0) is 18.8 Å². The summed E-state index contributed by atoms with van der Waals surface area (Å²) in [4.78, 5) is 23.5. The van der Waals surface area contributed by atoms with Crippen LogP contribution in [0.4, 0.5) is 0 Å². The molecule has 1 aromatic rings. The van der Waals surface area contributed by atoms with E-state index in [0.29, 0.717) is 6.42 Å². The van der Waals surface area contributed by atoms with Crippen LogP contribution in [0.15, 0.2) is 12.4 Å². The Bertz CT molecular complexity index is 460. The summed E-state index contributed by atoms with van der Waals surface area (Å²) in [6.45, 7) is 1.87. The molecule has 0 radical (unpaired) electrons. The van der Waals surface area contributed by atoms with Crippen LogP contribution in [-0.4, -0.2) is 37.5 Å². The third kappa shape index (κ3) is 2.74. The zero-order valence-corrected chi connectivity index (χ0v) is 10.9. The van der Waals surface area contributed by atoms with Crippen LogP contribution < -0.4 is 5.32 Å². The van der Waals surface area contributed by atoms with Crippen LogP contribution in [0.1, 0.15) is 32.6 Å². The predicted molar refractivity (Wildman–Crippen MR) is 66.2 cm³/mol. The van der Waals surface area contributed by atoms with E-state index in [9.17, 15) is 14.7 Å². The molecule has 0 bridgehead atoms. The van der Waals surface area contributed by atoms with Gasteiger partial charge in [-0.3, -0.25) is 4.79 Å². The fourth-order valence-electron chi connectivity index (χ4n) is 2.66. The largest absolute Gasteiger partial charge is 0.479 e. The fraction of sp³-hybridized carbons (Fsp3) is 0.667. The lowest BCUT2D eigenvalue weighted by molar-refractivity contribution is -0.152. The summed E-state index contributed by atoms with van der Waals surface area (Å²) in [7, 11) is 0. The van der Waals surface area contributed by atoms with E-state index in [1.54, 1.807) is 6.20 Å². The van der Waals surface area contributed by atoms with Crippen molar-refractivity contribution in [1.29, 1.82) is 0 Å². The first-order valence-corrected chi connectivity index (χ1v) is 6.43. The van der Waals surface area contributed by atoms with Gasteiger partial charge in [0.1, 0.15) is 12.1 Å². The summed E-state index contributed by atoms with van der Waals surface area (Å²) in [5.74, 6) is -1.37. The molecule has 7 heteroatoms. The van der Waals surface area contributed by atoms with Crippen molar-refractivity contribution in [3.05, 3.63) is 12.4 Å². The summed E-state index contributed by atoms with van der Waals surface area (Å²) < 4.78 is 1.37. The topological polar surface area (TPSA) is 97.1 Å². The van der Waals surface area contributed by atoms with E-state index in [0.717, 1.165) is 19.3 Å². The monoisotopic (exact) mass is 266 g/mol. The van der Waals surface area contributed by atoms with Crippen LogP contribution in [0.5, 0.6) is 0 Å². The SMILES string of the molecule is CC1CCCCC1(NC(=O)Cn1ccnn1)C(=O)O. The third-order valence-corrected chi connectivity index (χ3v) is 3.82. The molecule has 1 amide bonds. The van der Waals surface area contributed by atoms with E-state index in [2.05, 4.69) is 15.6 Å². The number of nitrogens with one attached hydrogen (secondary N) is 1. The highest BCUT2D eigenvalue weighted by atomic mass is 16.4. The molecule has 104 valence electrons. The number of aromatic nitrogens is 3. The number of carbonyl (C=O) groups excluding carboxylic acids is 1. The molecular formula is C12H18N4O3.